The van der Waals surface area contributed by atoms with Crippen LogP contribution < -0.4 is 25.0 Å². The molecule has 2 aromatic carbocycles. The molecular formula is C26H38N4O3. The number of amides is 2. The summed E-state index contributed by atoms with van der Waals surface area (Å²) < 4.78 is 11.3. The first kappa shape index (κ1) is 24.7. The van der Waals surface area contributed by atoms with E-state index in [0.29, 0.717) is 36.3 Å². The van der Waals surface area contributed by atoms with E-state index in [0.717, 1.165) is 44.6 Å². The number of piperazine rings is 1. The number of carbonyl (C=O) groups is 1. The first-order chi connectivity index (χ1) is 15.9. The van der Waals surface area contributed by atoms with Crippen molar-refractivity contribution in [3.63, 3.8) is 0 Å². The van der Waals surface area contributed by atoms with E-state index in [4.69, 9.17) is 9.47 Å². The molecule has 1 heterocycles. The quantitative estimate of drug-likeness (QED) is 0.514. The van der Waals surface area contributed by atoms with Gasteiger partial charge in [-0.05, 0) is 55.6 Å². The van der Waals surface area contributed by atoms with Crippen LogP contribution in [0, 0.1) is 5.92 Å². The van der Waals surface area contributed by atoms with Gasteiger partial charge in [-0.15, -0.1) is 0 Å². The van der Waals surface area contributed by atoms with Crippen LogP contribution in [-0.4, -0.2) is 57.9 Å². The minimum Gasteiger partial charge on any atom is -0.493 e. The molecule has 0 unspecified atom stereocenters. The third-order valence-electron chi connectivity index (χ3n) is 5.86. The van der Waals surface area contributed by atoms with Crippen molar-refractivity contribution in [2.75, 3.05) is 57.2 Å². The second kappa shape index (κ2) is 12.3. The number of rotatable bonds is 10. The summed E-state index contributed by atoms with van der Waals surface area (Å²) in [6.07, 6.45) is 2.09. The Balaban J connectivity index is 1.48. The van der Waals surface area contributed by atoms with Crippen LogP contribution in [0.25, 0.3) is 0 Å². The molecule has 0 atom stereocenters. The predicted octanol–water partition coefficient (Wildman–Crippen LogP) is 4.58. The Morgan fingerprint density at radius 1 is 1.03 bits per heavy atom. The Morgan fingerprint density at radius 2 is 1.76 bits per heavy atom. The van der Waals surface area contributed by atoms with Crippen LogP contribution in [-0.2, 0) is 6.54 Å². The maximum absolute atomic E-state index is 12.4. The topological polar surface area (TPSA) is 66.1 Å². The van der Waals surface area contributed by atoms with Crippen LogP contribution in [0.15, 0.2) is 42.5 Å². The van der Waals surface area contributed by atoms with E-state index < -0.39 is 0 Å². The summed E-state index contributed by atoms with van der Waals surface area (Å²) in [5.74, 6) is 1.94. The molecular weight excluding hydrogens is 416 g/mol. The molecule has 33 heavy (non-hydrogen) atoms. The van der Waals surface area contributed by atoms with Gasteiger partial charge in [0.05, 0.1) is 13.7 Å². The van der Waals surface area contributed by atoms with Crippen molar-refractivity contribution in [2.45, 2.75) is 33.2 Å². The van der Waals surface area contributed by atoms with E-state index >= 15 is 0 Å². The average Bonchev–Trinajstić information content (AvgIpc) is 2.81. The maximum atomic E-state index is 12.4. The van der Waals surface area contributed by atoms with Gasteiger partial charge in [0.15, 0.2) is 11.5 Å². The number of anilines is 2. The summed E-state index contributed by atoms with van der Waals surface area (Å²) in [4.78, 5) is 17.2. The summed E-state index contributed by atoms with van der Waals surface area (Å²) in [7, 11) is 3.77. The molecule has 0 radical (unpaired) electrons. The van der Waals surface area contributed by atoms with Gasteiger partial charge in [0.1, 0.15) is 0 Å². The van der Waals surface area contributed by atoms with Gasteiger partial charge in [0, 0.05) is 50.2 Å². The summed E-state index contributed by atoms with van der Waals surface area (Å²) in [5, 5.41) is 5.80. The summed E-state index contributed by atoms with van der Waals surface area (Å²) >= 11 is 0. The molecule has 2 aromatic rings. The Bertz CT molecular complexity index is 878. The monoisotopic (exact) mass is 454 g/mol. The van der Waals surface area contributed by atoms with Crippen molar-refractivity contribution in [1.29, 1.82) is 0 Å². The summed E-state index contributed by atoms with van der Waals surface area (Å²) in [5.41, 5.74) is 2.96. The standard InChI is InChI=1S/C26H38N4O3/c1-20(2)6-5-17-33-25-18-22(9-12-24(25)32-4)28-26(31)27-19-21-7-10-23(11-8-21)30-15-13-29(3)14-16-30/h7-12,18,20H,5-6,13-17,19H2,1-4H3,(H2,27,28,31). The normalized spacial score (nSPS) is 14.3. The van der Waals surface area contributed by atoms with Gasteiger partial charge in [-0.3, -0.25) is 0 Å². The highest BCUT2D eigenvalue weighted by Crippen LogP contribution is 2.30. The van der Waals surface area contributed by atoms with Crippen LogP contribution in [0.1, 0.15) is 32.3 Å². The zero-order chi connectivity index (χ0) is 23.6. The van der Waals surface area contributed by atoms with E-state index in [1.165, 1.54) is 5.69 Å². The number of ether oxygens (including phenoxy) is 2. The molecule has 0 spiro atoms. The van der Waals surface area contributed by atoms with Crippen molar-refractivity contribution < 1.29 is 14.3 Å². The molecule has 180 valence electrons. The number of nitrogens with zero attached hydrogens (tertiary/aromatic N) is 2. The van der Waals surface area contributed by atoms with Gasteiger partial charge < -0.3 is 29.9 Å². The Labute approximate surface area is 198 Å². The fourth-order valence-corrected chi connectivity index (χ4v) is 3.79. The lowest BCUT2D eigenvalue weighted by molar-refractivity contribution is 0.251. The molecule has 0 saturated carbocycles. The summed E-state index contributed by atoms with van der Waals surface area (Å²) in [6.45, 7) is 9.73. The largest absolute Gasteiger partial charge is 0.493 e. The van der Waals surface area contributed by atoms with Gasteiger partial charge in [-0.1, -0.05) is 26.0 Å². The van der Waals surface area contributed by atoms with Crippen molar-refractivity contribution in [2.24, 2.45) is 5.92 Å². The van der Waals surface area contributed by atoms with Crippen LogP contribution >= 0.6 is 0 Å². The molecule has 2 N–H and O–H groups in total. The SMILES string of the molecule is COc1ccc(NC(=O)NCc2ccc(N3CCN(C)CC3)cc2)cc1OCCCC(C)C. The van der Waals surface area contributed by atoms with E-state index in [2.05, 4.69) is 65.6 Å². The van der Waals surface area contributed by atoms with Crippen LogP contribution in [0.5, 0.6) is 11.5 Å². The van der Waals surface area contributed by atoms with Crippen LogP contribution in [0.2, 0.25) is 0 Å². The molecule has 0 bridgehead atoms. The van der Waals surface area contributed by atoms with Crippen molar-refractivity contribution in [3.05, 3.63) is 48.0 Å². The number of benzene rings is 2. The van der Waals surface area contributed by atoms with Crippen molar-refractivity contribution >= 4 is 17.4 Å². The third-order valence-corrected chi connectivity index (χ3v) is 5.86. The van der Waals surface area contributed by atoms with Crippen molar-refractivity contribution in [1.82, 2.24) is 10.2 Å². The first-order valence-electron chi connectivity index (χ1n) is 11.8. The summed E-state index contributed by atoms with van der Waals surface area (Å²) in [6, 6.07) is 13.6. The number of carbonyl (C=O) groups excluding carboxylic acids is 1. The fourth-order valence-electron chi connectivity index (χ4n) is 3.79. The molecule has 1 fully saturated rings. The Morgan fingerprint density at radius 3 is 2.42 bits per heavy atom. The lowest BCUT2D eigenvalue weighted by Gasteiger charge is -2.34. The average molecular weight is 455 g/mol. The van der Waals surface area contributed by atoms with E-state index in [1.54, 1.807) is 13.2 Å². The van der Waals surface area contributed by atoms with E-state index in [9.17, 15) is 4.79 Å². The number of hydrogen-bond donors (Lipinski definition) is 2. The molecule has 1 aliphatic heterocycles. The minimum atomic E-state index is -0.255. The fraction of sp³-hybridized carbons (Fsp3) is 0.500. The van der Waals surface area contributed by atoms with Gasteiger partial charge in [0.2, 0.25) is 0 Å². The predicted molar refractivity (Wildman–Crippen MR) is 135 cm³/mol. The van der Waals surface area contributed by atoms with Crippen LogP contribution in [0.4, 0.5) is 16.2 Å². The molecule has 0 aliphatic carbocycles. The molecule has 2 amide bonds. The van der Waals surface area contributed by atoms with Gasteiger partial charge >= 0.3 is 6.03 Å². The van der Waals surface area contributed by atoms with Gasteiger partial charge in [-0.2, -0.15) is 0 Å². The van der Waals surface area contributed by atoms with Crippen LogP contribution in [0.3, 0.4) is 0 Å². The molecule has 3 rings (SSSR count). The molecule has 7 heteroatoms. The zero-order valence-corrected chi connectivity index (χ0v) is 20.4. The third kappa shape index (κ3) is 7.86. The van der Waals surface area contributed by atoms with E-state index in [-0.39, 0.29) is 6.03 Å². The van der Waals surface area contributed by atoms with E-state index in [1.807, 2.05) is 12.1 Å². The highest BCUT2D eigenvalue weighted by molar-refractivity contribution is 5.89. The lowest BCUT2D eigenvalue weighted by Crippen LogP contribution is -2.44. The molecule has 1 aliphatic rings. The molecule has 7 nitrogen and oxygen atoms in total. The number of methoxy groups -OCH3 is 1. The number of likely N-dealkylation sites (N-methyl/N-ethyl adjacent to an activating group) is 1. The second-order valence-electron chi connectivity index (χ2n) is 9.01. The molecule has 1 saturated heterocycles. The minimum absolute atomic E-state index is 0.255. The van der Waals surface area contributed by atoms with Crippen molar-refractivity contribution in [3.8, 4) is 11.5 Å². The molecule has 0 aromatic heterocycles. The maximum Gasteiger partial charge on any atom is 0.319 e. The Hall–Kier alpha value is -2.93. The zero-order valence-electron chi connectivity index (χ0n) is 20.4. The Kier molecular flexibility index (Phi) is 9.24. The number of urea groups is 1. The van der Waals surface area contributed by atoms with Gasteiger partial charge in [-0.25, -0.2) is 4.79 Å². The highest BCUT2D eigenvalue weighted by atomic mass is 16.5. The lowest BCUT2D eigenvalue weighted by atomic mass is 10.1. The number of hydrogen-bond acceptors (Lipinski definition) is 5. The first-order valence-corrected chi connectivity index (χ1v) is 11.8. The number of nitrogens with one attached hydrogen (secondary N) is 2. The van der Waals surface area contributed by atoms with Gasteiger partial charge in [0.25, 0.3) is 0 Å². The second-order valence-corrected chi connectivity index (χ2v) is 9.01. The smallest absolute Gasteiger partial charge is 0.319 e. The highest BCUT2D eigenvalue weighted by Gasteiger charge is 2.14.